The highest BCUT2D eigenvalue weighted by Crippen LogP contribution is 2.25. The normalized spacial score (nSPS) is 21.0. The van der Waals surface area contributed by atoms with E-state index in [0.29, 0.717) is 32.6 Å². The number of morpholine rings is 1. The number of halogens is 1. The van der Waals surface area contributed by atoms with Crippen LogP contribution in [0.4, 0.5) is 4.39 Å². The van der Waals surface area contributed by atoms with E-state index in [4.69, 9.17) is 4.74 Å². The van der Waals surface area contributed by atoms with Crippen LogP contribution in [0.15, 0.2) is 29.3 Å². The Morgan fingerprint density at radius 3 is 2.64 bits per heavy atom. The number of benzene rings is 1. The van der Waals surface area contributed by atoms with E-state index in [1.54, 1.807) is 19.1 Å². The number of hydrogen-bond acceptors (Lipinski definition) is 4. The molecule has 0 spiro atoms. The predicted molar refractivity (Wildman–Crippen MR) is 109 cm³/mol. The highest BCUT2D eigenvalue weighted by Gasteiger charge is 2.28. The molecule has 0 aromatic heterocycles. The van der Waals surface area contributed by atoms with Gasteiger partial charge in [0, 0.05) is 26.2 Å². The molecule has 2 rings (SSSR count). The summed E-state index contributed by atoms with van der Waals surface area (Å²) in [4.78, 5) is 6.78. The van der Waals surface area contributed by atoms with Gasteiger partial charge in [-0.1, -0.05) is 12.1 Å². The van der Waals surface area contributed by atoms with Crippen LogP contribution in [0.3, 0.4) is 0 Å². The number of hydrogen-bond donors (Lipinski definition) is 2. The maximum absolute atomic E-state index is 13.2. The summed E-state index contributed by atoms with van der Waals surface area (Å²) >= 11 is 0. The predicted octanol–water partition coefficient (Wildman–Crippen LogP) is 1.88. The molecule has 0 radical (unpaired) electrons. The molecule has 2 atom stereocenters. The summed E-state index contributed by atoms with van der Waals surface area (Å²) < 4.78 is 44.7. The highest BCUT2D eigenvalue weighted by atomic mass is 32.2. The third kappa shape index (κ3) is 7.03. The zero-order chi connectivity index (χ0) is 20.6. The fraction of sp³-hybridized carbons (Fsp3) is 0.632. The van der Waals surface area contributed by atoms with Crippen LogP contribution in [0.2, 0.25) is 0 Å². The Balaban J connectivity index is 1.99. The van der Waals surface area contributed by atoms with Gasteiger partial charge in [-0.2, -0.15) is 0 Å². The smallest absolute Gasteiger partial charge is 0.211 e. The fourth-order valence-corrected chi connectivity index (χ4v) is 3.66. The molecule has 0 saturated carbocycles. The Kier molecular flexibility index (Phi) is 8.65. The van der Waals surface area contributed by atoms with Gasteiger partial charge in [-0.25, -0.2) is 17.5 Å². The van der Waals surface area contributed by atoms with Crippen molar-refractivity contribution in [1.82, 2.24) is 14.9 Å². The molecule has 2 unspecified atom stereocenters. The van der Waals surface area contributed by atoms with Crippen LogP contribution in [0.1, 0.15) is 38.9 Å². The van der Waals surface area contributed by atoms with Crippen LogP contribution in [0.5, 0.6) is 0 Å². The average molecular weight is 415 g/mol. The van der Waals surface area contributed by atoms with Gasteiger partial charge in [0.25, 0.3) is 0 Å². The molecule has 1 aliphatic heterocycles. The van der Waals surface area contributed by atoms with Crippen LogP contribution >= 0.6 is 0 Å². The van der Waals surface area contributed by atoms with E-state index in [2.05, 4.69) is 19.9 Å². The fourth-order valence-electron chi connectivity index (χ4n) is 3.01. The lowest BCUT2D eigenvalue weighted by atomic mass is 10.1. The van der Waals surface area contributed by atoms with Crippen LogP contribution < -0.4 is 10.0 Å². The van der Waals surface area contributed by atoms with Gasteiger partial charge in [0.15, 0.2) is 5.96 Å². The molecule has 1 heterocycles. The molecule has 1 aliphatic rings. The van der Waals surface area contributed by atoms with E-state index in [-0.39, 0.29) is 23.8 Å². The maximum Gasteiger partial charge on any atom is 0.211 e. The number of guanidine groups is 1. The van der Waals surface area contributed by atoms with Crippen molar-refractivity contribution in [3.63, 3.8) is 0 Å². The first-order valence-corrected chi connectivity index (χ1v) is 11.4. The monoisotopic (exact) mass is 414 g/mol. The summed E-state index contributed by atoms with van der Waals surface area (Å²) in [6.07, 6.45) is 0.462. The number of rotatable bonds is 8. The van der Waals surface area contributed by atoms with Gasteiger partial charge >= 0.3 is 0 Å². The average Bonchev–Trinajstić information content (AvgIpc) is 2.67. The van der Waals surface area contributed by atoms with Crippen molar-refractivity contribution < 1.29 is 17.5 Å². The van der Waals surface area contributed by atoms with Crippen LogP contribution in [-0.2, 0) is 14.8 Å². The molecule has 1 fully saturated rings. The van der Waals surface area contributed by atoms with Gasteiger partial charge in [-0.15, -0.1) is 0 Å². The Hall–Kier alpha value is -1.71. The molecule has 7 nitrogen and oxygen atoms in total. The largest absolute Gasteiger partial charge is 0.367 e. The first-order chi connectivity index (χ1) is 13.3. The van der Waals surface area contributed by atoms with Crippen molar-refractivity contribution in [2.24, 2.45) is 4.99 Å². The maximum atomic E-state index is 13.2. The zero-order valence-electron chi connectivity index (χ0n) is 16.8. The van der Waals surface area contributed by atoms with Crippen molar-refractivity contribution in [3.8, 4) is 0 Å². The van der Waals surface area contributed by atoms with E-state index in [0.717, 1.165) is 18.1 Å². The first-order valence-electron chi connectivity index (χ1n) is 9.76. The second-order valence-corrected chi connectivity index (χ2v) is 8.87. The second kappa shape index (κ2) is 10.7. The molecule has 0 aliphatic carbocycles. The minimum absolute atomic E-state index is 0.00373. The van der Waals surface area contributed by atoms with Crippen molar-refractivity contribution >= 4 is 16.0 Å². The van der Waals surface area contributed by atoms with E-state index in [9.17, 15) is 12.8 Å². The molecule has 0 amide bonds. The van der Waals surface area contributed by atoms with Gasteiger partial charge < -0.3 is 15.0 Å². The third-order valence-corrected chi connectivity index (χ3v) is 5.84. The summed E-state index contributed by atoms with van der Waals surface area (Å²) in [5, 5.41) is 3.29. The Labute approximate surface area is 167 Å². The Bertz CT molecular complexity index is 740. The Morgan fingerprint density at radius 1 is 1.29 bits per heavy atom. The van der Waals surface area contributed by atoms with E-state index in [1.807, 2.05) is 13.8 Å². The summed E-state index contributed by atoms with van der Waals surface area (Å²) in [7, 11) is -3.17. The second-order valence-electron chi connectivity index (χ2n) is 6.78. The number of sulfonamides is 1. The van der Waals surface area contributed by atoms with Crippen molar-refractivity contribution in [2.75, 3.05) is 38.5 Å². The topological polar surface area (TPSA) is 83.0 Å². The van der Waals surface area contributed by atoms with Gasteiger partial charge in [0.1, 0.15) is 11.9 Å². The number of ether oxygens (including phenoxy) is 1. The SMILES string of the molecule is CCNC(=NCCCNS(=O)(=O)CC)N1CC(C)OC(c2ccc(F)cc2)C1. The quantitative estimate of drug-likeness (QED) is 0.386. The summed E-state index contributed by atoms with van der Waals surface area (Å²) in [5.41, 5.74) is 0.933. The molecular weight excluding hydrogens is 383 g/mol. The zero-order valence-corrected chi connectivity index (χ0v) is 17.6. The van der Waals surface area contributed by atoms with Crippen LogP contribution in [-0.4, -0.2) is 63.9 Å². The first kappa shape index (κ1) is 22.6. The summed E-state index contributed by atoms with van der Waals surface area (Å²) in [6, 6.07) is 6.39. The molecule has 1 saturated heterocycles. The standard InChI is InChI=1S/C19H31FN4O3S/c1-4-21-19(22-11-6-12-23-28(25,26)5-2)24-13-15(3)27-18(14-24)16-7-9-17(20)10-8-16/h7-10,15,18,23H,4-6,11-14H2,1-3H3,(H,21,22). The number of nitrogens with one attached hydrogen (secondary N) is 2. The number of aliphatic imine (C=N–C) groups is 1. The summed E-state index contributed by atoms with van der Waals surface area (Å²) in [6.45, 7) is 8.56. The van der Waals surface area contributed by atoms with Gasteiger partial charge in [-0.3, -0.25) is 4.99 Å². The molecule has 28 heavy (non-hydrogen) atoms. The molecule has 0 bridgehead atoms. The van der Waals surface area contributed by atoms with Crippen molar-refractivity contribution in [3.05, 3.63) is 35.6 Å². The third-order valence-electron chi connectivity index (χ3n) is 4.43. The Morgan fingerprint density at radius 2 is 2.00 bits per heavy atom. The highest BCUT2D eigenvalue weighted by molar-refractivity contribution is 7.89. The van der Waals surface area contributed by atoms with Crippen LogP contribution in [0, 0.1) is 5.82 Å². The van der Waals surface area contributed by atoms with Crippen molar-refractivity contribution in [2.45, 2.75) is 39.4 Å². The molecule has 1 aromatic rings. The lowest BCUT2D eigenvalue weighted by Crippen LogP contribution is -2.50. The summed E-state index contributed by atoms with van der Waals surface area (Å²) in [5.74, 6) is 0.594. The van der Waals surface area contributed by atoms with Gasteiger partial charge in [0.2, 0.25) is 10.0 Å². The van der Waals surface area contributed by atoms with Crippen molar-refractivity contribution in [1.29, 1.82) is 0 Å². The van der Waals surface area contributed by atoms with E-state index < -0.39 is 10.0 Å². The van der Waals surface area contributed by atoms with Crippen LogP contribution in [0.25, 0.3) is 0 Å². The molecule has 1 aromatic carbocycles. The van der Waals surface area contributed by atoms with Gasteiger partial charge in [0.05, 0.1) is 18.4 Å². The number of nitrogens with zero attached hydrogens (tertiary/aromatic N) is 2. The lowest BCUT2D eigenvalue weighted by Gasteiger charge is -2.38. The molecule has 9 heteroatoms. The lowest BCUT2D eigenvalue weighted by molar-refractivity contribution is -0.0605. The minimum atomic E-state index is -3.17. The molecule has 158 valence electrons. The minimum Gasteiger partial charge on any atom is -0.367 e. The van der Waals surface area contributed by atoms with Gasteiger partial charge in [-0.05, 0) is 44.9 Å². The van der Waals surface area contributed by atoms with E-state index >= 15 is 0 Å². The molecular formula is C19H31FN4O3S. The molecule has 2 N–H and O–H groups in total. The van der Waals surface area contributed by atoms with E-state index in [1.165, 1.54) is 12.1 Å².